The molecule has 0 amide bonds. The van der Waals surface area contributed by atoms with Crippen LogP contribution in [-0.4, -0.2) is 11.7 Å². The van der Waals surface area contributed by atoms with Crippen LogP contribution in [0.1, 0.15) is 70.3 Å². The van der Waals surface area contributed by atoms with Crippen molar-refractivity contribution in [2.45, 2.75) is 70.3 Å². The van der Waals surface area contributed by atoms with Gasteiger partial charge in [0.15, 0.2) is 0 Å². The van der Waals surface area contributed by atoms with Crippen molar-refractivity contribution in [2.24, 2.45) is 5.41 Å². The molecule has 2 saturated carbocycles. The highest BCUT2D eigenvalue weighted by atomic mass is 16.5. The Morgan fingerprint density at radius 3 is 2.33 bits per heavy atom. The highest BCUT2D eigenvalue weighted by Gasteiger charge is 2.44. The molecule has 0 aliphatic heterocycles. The fraction of sp³-hybridized carbons (Fsp3) is 0.684. The highest BCUT2D eigenvalue weighted by molar-refractivity contribution is 5.38. The molecule has 1 N–H and O–H groups in total. The molecular weight excluding hydrogens is 260 g/mol. The monoisotopic (exact) mass is 288 g/mol. The zero-order valence-electron chi connectivity index (χ0n) is 13.2. The molecule has 0 unspecified atom stereocenters. The molecule has 0 saturated heterocycles. The SMILES string of the molecule is CCCOc1ccccc1C1(O)CCC2(CCCC2)CC1. The molecule has 21 heavy (non-hydrogen) atoms. The molecule has 2 aliphatic carbocycles. The van der Waals surface area contributed by atoms with Crippen LogP contribution in [0.25, 0.3) is 0 Å². The van der Waals surface area contributed by atoms with Crippen molar-refractivity contribution >= 4 is 0 Å². The first-order chi connectivity index (χ1) is 10.2. The largest absolute Gasteiger partial charge is 0.493 e. The third kappa shape index (κ3) is 2.96. The molecule has 3 rings (SSSR count). The van der Waals surface area contributed by atoms with Crippen molar-refractivity contribution < 1.29 is 9.84 Å². The third-order valence-electron chi connectivity index (χ3n) is 5.65. The highest BCUT2D eigenvalue weighted by Crippen LogP contribution is 2.54. The van der Waals surface area contributed by atoms with Gasteiger partial charge in [0, 0.05) is 5.56 Å². The fourth-order valence-corrected chi connectivity index (χ4v) is 4.28. The topological polar surface area (TPSA) is 29.5 Å². The average molecular weight is 288 g/mol. The second-order valence-corrected chi connectivity index (χ2v) is 7.08. The Labute approximate surface area is 128 Å². The minimum atomic E-state index is -0.682. The third-order valence-corrected chi connectivity index (χ3v) is 5.65. The number of aliphatic hydroxyl groups is 1. The molecule has 2 fully saturated rings. The Hall–Kier alpha value is -1.02. The molecule has 1 spiro atoms. The predicted octanol–water partition coefficient (Wildman–Crippen LogP) is 4.80. The van der Waals surface area contributed by atoms with E-state index in [-0.39, 0.29) is 0 Å². The normalized spacial score (nSPS) is 23.3. The lowest BCUT2D eigenvalue weighted by molar-refractivity contribution is -0.0393. The van der Waals surface area contributed by atoms with Crippen LogP contribution in [0.2, 0.25) is 0 Å². The van der Waals surface area contributed by atoms with Crippen molar-refractivity contribution in [1.29, 1.82) is 0 Å². The van der Waals surface area contributed by atoms with Crippen molar-refractivity contribution in [2.75, 3.05) is 6.61 Å². The predicted molar refractivity (Wildman–Crippen MR) is 85.5 cm³/mol. The summed E-state index contributed by atoms with van der Waals surface area (Å²) in [5.41, 5.74) is 0.871. The van der Waals surface area contributed by atoms with E-state index in [9.17, 15) is 5.11 Å². The second kappa shape index (κ2) is 6.00. The van der Waals surface area contributed by atoms with E-state index in [4.69, 9.17) is 4.74 Å². The Balaban J connectivity index is 1.77. The molecule has 2 heteroatoms. The first kappa shape index (κ1) is 14.9. The first-order valence-electron chi connectivity index (χ1n) is 8.62. The zero-order valence-corrected chi connectivity index (χ0v) is 13.2. The molecule has 116 valence electrons. The van der Waals surface area contributed by atoms with Crippen LogP contribution in [0.5, 0.6) is 5.75 Å². The molecule has 0 bridgehead atoms. The lowest BCUT2D eigenvalue weighted by Crippen LogP contribution is -2.36. The van der Waals surface area contributed by atoms with Crippen LogP contribution >= 0.6 is 0 Å². The summed E-state index contributed by atoms with van der Waals surface area (Å²) in [5, 5.41) is 11.2. The van der Waals surface area contributed by atoms with E-state index in [1.165, 1.54) is 38.5 Å². The molecule has 2 nitrogen and oxygen atoms in total. The quantitative estimate of drug-likeness (QED) is 0.862. The smallest absolute Gasteiger partial charge is 0.125 e. The van der Waals surface area contributed by atoms with Gasteiger partial charge in [0.05, 0.1) is 12.2 Å². The molecule has 0 radical (unpaired) electrons. The molecule has 2 aliphatic rings. The van der Waals surface area contributed by atoms with Gasteiger partial charge in [-0.2, -0.15) is 0 Å². The van der Waals surface area contributed by atoms with E-state index >= 15 is 0 Å². The van der Waals surface area contributed by atoms with Gasteiger partial charge in [-0.25, -0.2) is 0 Å². The van der Waals surface area contributed by atoms with Gasteiger partial charge < -0.3 is 9.84 Å². The van der Waals surface area contributed by atoms with Gasteiger partial charge in [-0.1, -0.05) is 38.0 Å². The summed E-state index contributed by atoms with van der Waals surface area (Å²) in [6.45, 7) is 2.83. The Kier molecular flexibility index (Phi) is 4.26. The van der Waals surface area contributed by atoms with Crippen LogP contribution in [0.15, 0.2) is 24.3 Å². The summed E-state index contributed by atoms with van der Waals surface area (Å²) in [6.07, 6.45) is 10.6. The maximum atomic E-state index is 11.2. The van der Waals surface area contributed by atoms with Gasteiger partial charge >= 0.3 is 0 Å². The molecule has 1 aromatic carbocycles. The van der Waals surface area contributed by atoms with Crippen molar-refractivity contribution in [3.8, 4) is 5.75 Å². The standard InChI is InChI=1S/C19H28O2/c1-2-15-21-17-8-4-3-7-16(17)19(20)13-11-18(12-14-19)9-5-6-10-18/h3-4,7-8,20H,2,5-6,9-15H2,1H3. The maximum Gasteiger partial charge on any atom is 0.125 e. The van der Waals surface area contributed by atoms with Crippen molar-refractivity contribution in [1.82, 2.24) is 0 Å². The number of rotatable bonds is 4. The number of hydrogen-bond acceptors (Lipinski definition) is 2. The lowest BCUT2D eigenvalue weighted by Gasteiger charge is -2.42. The van der Waals surface area contributed by atoms with E-state index in [0.717, 1.165) is 37.2 Å². The summed E-state index contributed by atoms with van der Waals surface area (Å²) in [7, 11) is 0. The van der Waals surface area contributed by atoms with Crippen LogP contribution in [0.4, 0.5) is 0 Å². The lowest BCUT2D eigenvalue weighted by atomic mass is 9.66. The van der Waals surface area contributed by atoms with E-state index < -0.39 is 5.60 Å². The average Bonchev–Trinajstić information content (AvgIpc) is 2.98. The summed E-state index contributed by atoms with van der Waals surface area (Å²) in [6, 6.07) is 8.08. The molecule has 0 atom stereocenters. The Bertz CT molecular complexity index is 464. The van der Waals surface area contributed by atoms with E-state index in [1.54, 1.807) is 0 Å². The molecular formula is C19H28O2. The minimum absolute atomic E-state index is 0.547. The molecule has 0 heterocycles. The van der Waals surface area contributed by atoms with Gasteiger partial charge in [0.2, 0.25) is 0 Å². The van der Waals surface area contributed by atoms with E-state index in [2.05, 4.69) is 13.0 Å². The van der Waals surface area contributed by atoms with Gasteiger partial charge in [0.1, 0.15) is 5.75 Å². The fourth-order valence-electron chi connectivity index (χ4n) is 4.28. The van der Waals surface area contributed by atoms with E-state index in [1.807, 2.05) is 18.2 Å². The minimum Gasteiger partial charge on any atom is -0.493 e. The summed E-state index contributed by atoms with van der Waals surface area (Å²) >= 11 is 0. The number of ether oxygens (including phenoxy) is 1. The van der Waals surface area contributed by atoms with Crippen LogP contribution < -0.4 is 4.74 Å². The Morgan fingerprint density at radius 1 is 1.00 bits per heavy atom. The first-order valence-corrected chi connectivity index (χ1v) is 8.62. The van der Waals surface area contributed by atoms with Gasteiger partial charge in [0.25, 0.3) is 0 Å². The molecule has 1 aromatic rings. The molecule has 0 aromatic heterocycles. The van der Waals surface area contributed by atoms with Gasteiger partial charge in [-0.15, -0.1) is 0 Å². The number of para-hydroxylation sites is 1. The number of hydrogen-bond donors (Lipinski definition) is 1. The maximum absolute atomic E-state index is 11.2. The van der Waals surface area contributed by atoms with Gasteiger partial charge in [-0.05, 0) is 56.4 Å². The van der Waals surface area contributed by atoms with E-state index in [0.29, 0.717) is 5.41 Å². The Morgan fingerprint density at radius 2 is 1.67 bits per heavy atom. The van der Waals surface area contributed by atoms with Crippen molar-refractivity contribution in [3.63, 3.8) is 0 Å². The van der Waals surface area contributed by atoms with Crippen LogP contribution in [-0.2, 0) is 5.60 Å². The summed E-state index contributed by atoms with van der Waals surface area (Å²) in [5.74, 6) is 0.879. The summed E-state index contributed by atoms with van der Waals surface area (Å²) < 4.78 is 5.86. The zero-order chi connectivity index (χ0) is 14.8. The second-order valence-electron chi connectivity index (χ2n) is 7.08. The van der Waals surface area contributed by atoms with Crippen LogP contribution in [0, 0.1) is 5.41 Å². The summed E-state index contributed by atoms with van der Waals surface area (Å²) in [4.78, 5) is 0. The van der Waals surface area contributed by atoms with Crippen molar-refractivity contribution in [3.05, 3.63) is 29.8 Å². The number of benzene rings is 1. The van der Waals surface area contributed by atoms with Crippen LogP contribution in [0.3, 0.4) is 0 Å². The van der Waals surface area contributed by atoms with Gasteiger partial charge in [-0.3, -0.25) is 0 Å².